The number of carbonyl (C=O) groups excluding carboxylic acids is 1. The molecular formula is C26H31Cl2N3O. The fourth-order valence-corrected chi connectivity index (χ4v) is 4.14. The quantitative estimate of drug-likeness (QED) is 0.484. The average molecular weight is 472 g/mol. The van der Waals surface area contributed by atoms with E-state index in [4.69, 9.17) is 0 Å². The van der Waals surface area contributed by atoms with Gasteiger partial charge < -0.3 is 9.80 Å². The maximum Gasteiger partial charge on any atom is 0.253 e. The monoisotopic (exact) mass is 471 g/mol. The maximum atomic E-state index is 12.9. The fourth-order valence-electron chi connectivity index (χ4n) is 4.14. The van der Waals surface area contributed by atoms with Crippen LogP contribution in [0.1, 0.15) is 28.8 Å². The average Bonchev–Trinajstić information content (AvgIpc) is 2.83. The van der Waals surface area contributed by atoms with E-state index in [1.54, 1.807) is 6.20 Å². The summed E-state index contributed by atoms with van der Waals surface area (Å²) >= 11 is 0. The molecule has 4 nitrogen and oxygen atoms in total. The number of halogens is 2. The Hall–Kier alpha value is -2.40. The van der Waals surface area contributed by atoms with Crippen LogP contribution in [0.4, 0.5) is 0 Å². The Morgan fingerprint density at radius 3 is 2.22 bits per heavy atom. The van der Waals surface area contributed by atoms with E-state index in [0.29, 0.717) is 6.04 Å². The fraction of sp³-hybridized carbons (Fsp3) is 0.308. The van der Waals surface area contributed by atoms with Crippen molar-refractivity contribution in [3.63, 3.8) is 0 Å². The summed E-state index contributed by atoms with van der Waals surface area (Å²) < 4.78 is 0. The molecule has 4 rings (SSSR count). The molecule has 0 saturated carbocycles. The van der Waals surface area contributed by atoms with Gasteiger partial charge in [0.2, 0.25) is 0 Å². The number of hydrogen-bond acceptors (Lipinski definition) is 3. The highest BCUT2D eigenvalue weighted by Crippen LogP contribution is 2.21. The van der Waals surface area contributed by atoms with Gasteiger partial charge in [-0.1, -0.05) is 48.5 Å². The van der Waals surface area contributed by atoms with Crippen molar-refractivity contribution < 1.29 is 4.79 Å². The first-order chi connectivity index (χ1) is 14.7. The second kappa shape index (κ2) is 12.6. The van der Waals surface area contributed by atoms with Crippen LogP contribution in [-0.2, 0) is 6.42 Å². The highest BCUT2D eigenvalue weighted by molar-refractivity contribution is 5.94. The summed E-state index contributed by atoms with van der Waals surface area (Å²) in [4.78, 5) is 21.8. The van der Waals surface area contributed by atoms with Gasteiger partial charge in [-0.2, -0.15) is 0 Å². The molecule has 0 N–H and O–H groups in total. The number of likely N-dealkylation sites (tertiary alicyclic amines) is 1. The molecular weight excluding hydrogens is 441 g/mol. The number of hydrogen-bond donors (Lipinski definition) is 0. The highest BCUT2D eigenvalue weighted by atomic mass is 35.5. The van der Waals surface area contributed by atoms with E-state index in [2.05, 4.69) is 47.3 Å². The topological polar surface area (TPSA) is 36.4 Å². The van der Waals surface area contributed by atoms with Crippen LogP contribution >= 0.6 is 24.8 Å². The van der Waals surface area contributed by atoms with Crippen LogP contribution in [0.2, 0.25) is 0 Å². The Morgan fingerprint density at radius 1 is 0.938 bits per heavy atom. The van der Waals surface area contributed by atoms with Crippen molar-refractivity contribution in [3.8, 4) is 11.3 Å². The highest BCUT2D eigenvalue weighted by Gasteiger charge is 2.25. The molecule has 1 amide bonds. The van der Waals surface area contributed by atoms with Crippen molar-refractivity contribution in [1.82, 2.24) is 14.8 Å². The summed E-state index contributed by atoms with van der Waals surface area (Å²) in [5, 5.41) is 0. The standard InChI is InChI=1S/C26H29N3O.2ClH/c1-28(18-14-21-7-3-2-4-8-21)24-15-19-29(20-16-24)26(30)23-12-10-22(11-13-23)25-9-5-6-17-27-25;;/h2-13,17,24H,14-16,18-20H2,1H3;2*1H. The van der Waals surface area contributed by atoms with Gasteiger partial charge in [-0.25, -0.2) is 0 Å². The molecule has 0 bridgehead atoms. The Morgan fingerprint density at radius 2 is 1.59 bits per heavy atom. The summed E-state index contributed by atoms with van der Waals surface area (Å²) in [6, 6.07) is 24.9. The zero-order valence-corrected chi connectivity index (χ0v) is 20.0. The molecule has 0 atom stereocenters. The molecule has 1 aromatic heterocycles. The Bertz CT molecular complexity index is 944. The van der Waals surface area contributed by atoms with Gasteiger partial charge in [-0.05, 0) is 56.1 Å². The lowest BCUT2D eigenvalue weighted by Gasteiger charge is -2.37. The van der Waals surface area contributed by atoms with E-state index < -0.39 is 0 Å². The molecule has 0 radical (unpaired) electrons. The van der Waals surface area contributed by atoms with Gasteiger partial charge >= 0.3 is 0 Å². The third kappa shape index (κ3) is 6.55. The van der Waals surface area contributed by atoms with E-state index in [0.717, 1.165) is 55.7 Å². The van der Waals surface area contributed by atoms with Gasteiger partial charge in [0.05, 0.1) is 5.69 Å². The van der Waals surface area contributed by atoms with E-state index in [9.17, 15) is 4.79 Å². The van der Waals surface area contributed by atoms with E-state index >= 15 is 0 Å². The molecule has 2 heterocycles. The smallest absolute Gasteiger partial charge is 0.253 e. The van der Waals surface area contributed by atoms with Crippen molar-refractivity contribution in [2.75, 3.05) is 26.7 Å². The summed E-state index contributed by atoms with van der Waals surface area (Å²) in [7, 11) is 2.21. The van der Waals surface area contributed by atoms with Crippen molar-refractivity contribution in [1.29, 1.82) is 0 Å². The molecule has 6 heteroatoms. The summed E-state index contributed by atoms with van der Waals surface area (Å²) in [5.41, 5.74) is 4.10. The van der Waals surface area contributed by atoms with Gasteiger partial charge in [-0.3, -0.25) is 9.78 Å². The van der Waals surface area contributed by atoms with Crippen molar-refractivity contribution in [3.05, 3.63) is 90.1 Å². The number of carbonyl (C=O) groups is 1. The molecule has 170 valence electrons. The number of piperidine rings is 1. The molecule has 3 aromatic rings. The third-order valence-electron chi connectivity index (χ3n) is 6.06. The van der Waals surface area contributed by atoms with Crippen molar-refractivity contribution >= 4 is 30.7 Å². The lowest BCUT2D eigenvalue weighted by molar-refractivity contribution is 0.0647. The van der Waals surface area contributed by atoms with Crippen molar-refractivity contribution in [2.45, 2.75) is 25.3 Å². The maximum absolute atomic E-state index is 12.9. The second-order valence-electron chi connectivity index (χ2n) is 8.03. The molecule has 0 aliphatic carbocycles. The first-order valence-electron chi connectivity index (χ1n) is 10.8. The lowest BCUT2D eigenvalue weighted by Crippen LogP contribution is -2.46. The molecule has 0 spiro atoms. The Kier molecular flexibility index (Phi) is 10.2. The van der Waals surface area contributed by atoms with Crippen LogP contribution in [-0.4, -0.2) is 53.4 Å². The largest absolute Gasteiger partial charge is 0.339 e. The van der Waals surface area contributed by atoms with E-state index in [1.807, 2.05) is 47.4 Å². The first kappa shape index (κ1) is 25.9. The SMILES string of the molecule is CN(CCc1ccccc1)C1CCN(C(=O)c2ccc(-c3ccccn3)cc2)CC1.Cl.Cl. The second-order valence-corrected chi connectivity index (χ2v) is 8.03. The first-order valence-corrected chi connectivity index (χ1v) is 10.8. The van der Waals surface area contributed by atoms with Crippen LogP contribution < -0.4 is 0 Å². The normalized spacial score (nSPS) is 13.9. The van der Waals surface area contributed by atoms with Gasteiger partial charge in [0.1, 0.15) is 0 Å². The third-order valence-corrected chi connectivity index (χ3v) is 6.06. The molecule has 2 aromatic carbocycles. The van der Waals surface area contributed by atoms with Gasteiger partial charge in [0.25, 0.3) is 5.91 Å². The van der Waals surface area contributed by atoms with E-state index in [1.165, 1.54) is 5.56 Å². The van der Waals surface area contributed by atoms with Gasteiger partial charge in [-0.15, -0.1) is 24.8 Å². The van der Waals surface area contributed by atoms with Gasteiger partial charge in [0, 0.05) is 43.0 Å². The number of rotatable bonds is 6. The van der Waals surface area contributed by atoms with E-state index in [-0.39, 0.29) is 30.7 Å². The summed E-state index contributed by atoms with van der Waals surface area (Å²) in [6.45, 7) is 2.69. The number of benzene rings is 2. The summed E-state index contributed by atoms with van der Waals surface area (Å²) in [6.07, 6.45) is 4.92. The van der Waals surface area contributed by atoms with Crippen molar-refractivity contribution in [2.24, 2.45) is 0 Å². The van der Waals surface area contributed by atoms with Crippen LogP contribution in [0.5, 0.6) is 0 Å². The number of pyridine rings is 1. The lowest BCUT2D eigenvalue weighted by atomic mass is 10.0. The number of aromatic nitrogens is 1. The molecule has 1 saturated heterocycles. The molecule has 0 unspecified atom stereocenters. The summed E-state index contributed by atoms with van der Waals surface area (Å²) in [5.74, 6) is 0.132. The number of nitrogens with zero attached hydrogens (tertiary/aromatic N) is 3. The predicted octanol–water partition coefficient (Wildman–Crippen LogP) is 5.37. The minimum atomic E-state index is 0. The predicted molar refractivity (Wildman–Crippen MR) is 136 cm³/mol. The van der Waals surface area contributed by atoms with Crippen LogP contribution in [0, 0.1) is 0 Å². The zero-order chi connectivity index (χ0) is 20.8. The van der Waals surface area contributed by atoms with Crippen LogP contribution in [0.15, 0.2) is 79.0 Å². The molecule has 1 fully saturated rings. The molecule has 32 heavy (non-hydrogen) atoms. The number of amides is 1. The van der Waals surface area contributed by atoms with Gasteiger partial charge in [0.15, 0.2) is 0 Å². The minimum Gasteiger partial charge on any atom is -0.339 e. The Labute approximate surface area is 203 Å². The molecule has 1 aliphatic heterocycles. The molecule has 1 aliphatic rings. The van der Waals surface area contributed by atoms with Crippen LogP contribution in [0.25, 0.3) is 11.3 Å². The van der Waals surface area contributed by atoms with Crippen LogP contribution in [0.3, 0.4) is 0 Å². The Balaban J connectivity index is 0.00000181. The minimum absolute atomic E-state index is 0. The number of likely N-dealkylation sites (N-methyl/N-ethyl adjacent to an activating group) is 1. The zero-order valence-electron chi connectivity index (χ0n) is 18.4.